The van der Waals surface area contributed by atoms with Crippen molar-refractivity contribution in [1.82, 2.24) is 20.1 Å². The molecule has 3 aromatic rings. The van der Waals surface area contributed by atoms with Crippen LogP contribution in [0.1, 0.15) is 30.9 Å². The van der Waals surface area contributed by atoms with Gasteiger partial charge < -0.3 is 10.1 Å². The van der Waals surface area contributed by atoms with Crippen LogP contribution in [0.4, 0.5) is 0 Å². The minimum absolute atomic E-state index is 0.0857. The molecule has 27 heavy (non-hydrogen) atoms. The molecular formula is C19H20N4O3S. The lowest BCUT2D eigenvalue weighted by atomic mass is 10.3. The average molecular weight is 384 g/mol. The van der Waals surface area contributed by atoms with Crippen molar-refractivity contribution in [2.45, 2.75) is 26.4 Å². The van der Waals surface area contributed by atoms with Gasteiger partial charge in [-0.3, -0.25) is 4.79 Å². The molecule has 1 aromatic carbocycles. The molecule has 0 fully saturated rings. The van der Waals surface area contributed by atoms with Gasteiger partial charge in [-0.05, 0) is 36.9 Å². The Balaban J connectivity index is 1.86. The summed E-state index contributed by atoms with van der Waals surface area (Å²) in [4.78, 5) is 29.6. The molecule has 0 aliphatic carbocycles. The van der Waals surface area contributed by atoms with Gasteiger partial charge in [0.15, 0.2) is 11.9 Å². The smallest absolute Gasteiger partial charge is 0.379 e. The number of benzene rings is 1. The first-order valence-electron chi connectivity index (χ1n) is 8.65. The molecule has 7 nitrogen and oxygen atoms in total. The molecule has 0 aliphatic rings. The Kier molecular flexibility index (Phi) is 5.97. The standard InChI is InChI=1S/C19H20N4O3S/c1-3-11-20-18(24)13(2)26-19(25)16-21-17(15-10-7-12-27-15)23(22-16)14-8-5-4-6-9-14/h4-10,12-13H,3,11H2,1-2H3,(H,20,24)/t13-/m0/s1. The quantitative estimate of drug-likeness (QED) is 0.633. The van der Waals surface area contributed by atoms with E-state index in [4.69, 9.17) is 4.74 Å². The predicted octanol–water partition coefficient (Wildman–Crippen LogP) is 3.07. The third kappa shape index (κ3) is 4.40. The normalized spacial score (nSPS) is 11.8. The first-order chi connectivity index (χ1) is 13.1. The first kappa shape index (κ1) is 18.8. The topological polar surface area (TPSA) is 86.1 Å². The van der Waals surface area contributed by atoms with Crippen LogP contribution < -0.4 is 5.32 Å². The Hall–Kier alpha value is -3.00. The van der Waals surface area contributed by atoms with Crippen LogP contribution in [0.25, 0.3) is 16.4 Å². The van der Waals surface area contributed by atoms with Crippen LogP contribution in [0.3, 0.4) is 0 Å². The summed E-state index contributed by atoms with van der Waals surface area (Å²) in [7, 11) is 0. The van der Waals surface area contributed by atoms with Gasteiger partial charge in [0, 0.05) is 6.54 Å². The van der Waals surface area contributed by atoms with Crippen molar-refractivity contribution >= 4 is 23.2 Å². The minimum atomic E-state index is -0.919. The maximum atomic E-state index is 12.5. The molecule has 1 amide bonds. The number of carbonyl (C=O) groups is 2. The van der Waals surface area contributed by atoms with E-state index in [1.807, 2.05) is 54.8 Å². The van der Waals surface area contributed by atoms with Crippen LogP contribution in [-0.2, 0) is 9.53 Å². The predicted molar refractivity (Wildman–Crippen MR) is 103 cm³/mol. The Morgan fingerprint density at radius 3 is 2.67 bits per heavy atom. The third-order valence-corrected chi connectivity index (χ3v) is 4.60. The van der Waals surface area contributed by atoms with Crippen LogP contribution in [-0.4, -0.2) is 39.3 Å². The Morgan fingerprint density at radius 1 is 1.22 bits per heavy atom. The SMILES string of the molecule is CCCNC(=O)[C@H](C)OC(=O)c1nc(-c2cccs2)n(-c2ccccc2)n1. The van der Waals surface area contributed by atoms with E-state index < -0.39 is 12.1 Å². The highest BCUT2D eigenvalue weighted by Crippen LogP contribution is 2.25. The lowest BCUT2D eigenvalue weighted by Crippen LogP contribution is -2.36. The molecule has 0 saturated carbocycles. The number of nitrogens with one attached hydrogen (secondary N) is 1. The van der Waals surface area contributed by atoms with Gasteiger partial charge in [0.2, 0.25) is 0 Å². The zero-order chi connectivity index (χ0) is 19.2. The Labute approximate surface area is 161 Å². The number of carbonyl (C=O) groups excluding carboxylic acids is 2. The van der Waals surface area contributed by atoms with Crippen molar-refractivity contribution in [2.24, 2.45) is 0 Å². The van der Waals surface area contributed by atoms with Crippen LogP contribution >= 0.6 is 11.3 Å². The van der Waals surface area contributed by atoms with Gasteiger partial charge in [-0.15, -0.1) is 16.4 Å². The summed E-state index contributed by atoms with van der Waals surface area (Å²) in [5.74, 6) is -0.614. The summed E-state index contributed by atoms with van der Waals surface area (Å²) in [6.45, 7) is 4.00. The van der Waals surface area contributed by atoms with Gasteiger partial charge in [0.05, 0.1) is 10.6 Å². The second-order valence-electron chi connectivity index (χ2n) is 5.82. The molecule has 0 radical (unpaired) electrons. The molecular weight excluding hydrogens is 364 g/mol. The fourth-order valence-corrected chi connectivity index (χ4v) is 3.07. The Bertz CT molecular complexity index is 906. The van der Waals surface area contributed by atoms with Gasteiger partial charge in [-0.25, -0.2) is 9.48 Å². The number of amides is 1. The first-order valence-corrected chi connectivity index (χ1v) is 9.53. The van der Waals surface area contributed by atoms with Crippen molar-refractivity contribution in [3.63, 3.8) is 0 Å². The van der Waals surface area contributed by atoms with Crippen LogP contribution in [0.15, 0.2) is 47.8 Å². The fraction of sp³-hybridized carbons (Fsp3) is 0.263. The number of esters is 1. The highest BCUT2D eigenvalue weighted by Gasteiger charge is 2.24. The van der Waals surface area contributed by atoms with Gasteiger partial charge >= 0.3 is 5.97 Å². The molecule has 2 aromatic heterocycles. The van der Waals surface area contributed by atoms with E-state index in [0.29, 0.717) is 12.4 Å². The number of aromatic nitrogens is 3. The molecule has 0 bridgehead atoms. The highest BCUT2D eigenvalue weighted by atomic mass is 32.1. The second kappa shape index (κ2) is 8.59. The van der Waals surface area contributed by atoms with Gasteiger partial charge in [-0.1, -0.05) is 31.2 Å². The van der Waals surface area contributed by atoms with E-state index >= 15 is 0 Å². The molecule has 140 valence electrons. The maximum Gasteiger partial charge on any atom is 0.379 e. The number of ether oxygens (including phenoxy) is 1. The molecule has 0 saturated heterocycles. The van der Waals surface area contributed by atoms with Gasteiger partial charge in [-0.2, -0.15) is 4.98 Å². The van der Waals surface area contributed by atoms with E-state index in [2.05, 4.69) is 15.4 Å². The van der Waals surface area contributed by atoms with E-state index in [1.54, 1.807) is 4.68 Å². The second-order valence-corrected chi connectivity index (χ2v) is 6.77. The average Bonchev–Trinajstić information content (AvgIpc) is 3.36. The lowest BCUT2D eigenvalue weighted by Gasteiger charge is -2.11. The van der Waals surface area contributed by atoms with E-state index in [9.17, 15) is 9.59 Å². The monoisotopic (exact) mass is 384 g/mol. The molecule has 3 rings (SSSR count). The molecule has 1 atom stereocenters. The summed E-state index contributed by atoms with van der Waals surface area (Å²) in [5, 5.41) is 8.94. The number of rotatable bonds is 7. The zero-order valence-electron chi connectivity index (χ0n) is 15.1. The van der Waals surface area contributed by atoms with Crippen molar-refractivity contribution < 1.29 is 14.3 Å². The summed E-state index contributed by atoms with van der Waals surface area (Å²) in [6, 6.07) is 13.2. The largest absolute Gasteiger partial charge is 0.447 e. The number of hydrogen-bond donors (Lipinski definition) is 1. The Morgan fingerprint density at radius 2 is 2.00 bits per heavy atom. The number of hydrogen-bond acceptors (Lipinski definition) is 6. The van der Waals surface area contributed by atoms with Crippen molar-refractivity contribution in [1.29, 1.82) is 0 Å². The molecule has 2 heterocycles. The molecule has 0 spiro atoms. The van der Waals surface area contributed by atoms with E-state index in [-0.39, 0.29) is 11.7 Å². The van der Waals surface area contributed by atoms with Crippen molar-refractivity contribution in [3.8, 4) is 16.4 Å². The third-order valence-electron chi connectivity index (χ3n) is 3.73. The minimum Gasteiger partial charge on any atom is -0.447 e. The summed E-state index contributed by atoms with van der Waals surface area (Å²) in [6.07, 6.45) is -0.113. The van der Waals surface area contributed by atoms with Crippen molar-refractivity contribution in [3.05, 3.63) is 53.7 Å². The van der Waals surface area contributed by atoms with E-state index in [0.717, 1.165) is 17.0 Å². The van der Waals surface area contributed by atoms with Crippen LogP contribution in [0, 0.1) is 0 Å². The molecule has 1 N–H and O–H groups in total. The molecule has 0 unspecified atom stereocenters. The molecule has 0 aliphatic heterocycles. The lowest BCUT2D eigenvalue weighted by molar-refractivity contribution is -0.129. The maximum absolute atomic E-state index is 12.5. The van der Waals surface area contributed by atoms with Crippen LogP contribution in [0.2, 0.25) is 0 Å². The summed E-state index contributed by atoms with van der Waals surface area (Å²) < 4.78 is 6.83. The summed E-state index contributed by atoms with van der Waals surface area (Å²) >= 11 is 1.50. The van der Waals surface area contributed by atoms with Gasteiger partial charge in [0.25, 0.3) is 11.7 Å². The summed E-state index contributed by atoms with van der Waals surface area (Å²) in [5.41, 5.74) is 0.779. The number of thiophene rings is 1. The number of nitrogens with zero attached hydrogens (tertiary/aromatic N) is 3. The van der Waals surface area contributed by atoms with Gasteiger partial charge in [0.1, 0.15) is 0 Å². The van der Waals surface area contributed by atoms with E-state index in [1.165, 1.54) is 18.3 Å². The number of para-hydroxylation sites is 1. The zero-order valence-corrected chi connectivity index (χ0v) is 15.9. The highest BCUT2D eigenvalue weighted by molar-refractivity contribution is 7.13. The fourth-order valence-electron chi connectivity index (χ4n) is 2.37. The molecule has 8 heteroatoms. The van der Waals surface area contributed by atoms with Crippen molar-refractivity contribution in [2.75, 3.05) is 6.54 Å². The van der Waals surface area contributed by atoms with Crippen LogP contribution in [0.5, 0.6) is 0 Å².